The molecule has 2 atom stereocenters. The first-order chi connectivity index (χ1) is 15.7. The molecule has 0 amide bonds. The van der Waals surface area contributed by atoms with E-state index in [1.807, 2.05) is 6.20 Å². The number of likely N-dealkylation sites (tertiary alicyclic amines) is 2. The van der Waals surface area contributed by atoms with E-state index in [-0.39, 0.29) is 6.04 Å². The number of nitrogens with one attached hydrogen (secondary N) is 2. The first-order valence-electron chi connectivity index (χ1n) is 11.2. The zero-order valence-electron chi connectivity index (χ0n) is 19.1. The van der Waals surface area contributed by atoms with Crippen molar-refractivity contribution in [3.8, 4) is 0 Å². The highest BCUT2D eigenvalue weighted by atomic mass is 19.4. The lowest BCUT2D eigenvalue weighted by atomic mass is 10.0. The maximum absolute atomic E-state index is 10.6. The Morgan fingerprint density at radius 3 is 2.58 bits per heavy atom. The van der Waals surface area contributed by atoms with E-state index in [4.69, 9.17) is 14.6 Å². The molecule has 2 aliphatic heterocycles. The number of benzene rings is 1. The van der Waals surface area contributed by atoms with Gasteiger partial charge in [-0.05, 0) is 68.5 Å². The summed E-state index contributed by atoms with van der Waals surface area (Å²) in [6.45, 7) is 5.58. The van der Waals surface area contributed by atoms with E-state index in [9.17, 15) is 13.2 Å². The topological polar surface area (TPSA) is 80.8 Å². The highest BCUT2D eigenvalue weighted by Crippen LogP contribution is 2.25. The Morgan fingerprint density at radius 2 is 1.94 bits per heavy atom. The summed E-state index contributed by atoms with van der Waals surface area (Å²) in [6, 6.07) is 10.4. The van der Waals surface area contributed by atoms with Crippen LogP contribution in [-0.2, 0) is 9.53 Å². The van der Waals surface area contributed by atoms with Crippen molar-refractivity contribution in [2.75, 3.05) is 46.9 Å². The predicted octanol–water partition coefficient (Wildman–Crippen LogP) is 3.25. The number of ether oxygens (including phenoxy) is 1. The molecule has 3 heterocycles. The van der Waals surface area contributed by atoms with E-state index in [0.29, 0.717) is 12.6 Å². The third-order valence-corrected chi connectivity index (χ3v) is 6.42. The highest BCUT2D eigenvalue weighted by Gasteiger charge is 2.38. The van der Waals surface area contributed by atoms with Crippen LogP contribution in [0.5, 0.6) is 0 Å². The van der Waals surface area contributed by atoms with Gasteiger partial charge in [-0.1, -0.05) is 6.07 Å². The number of halogens is 3. The van der Waals surface area contributed by atoms with Crippen LogP contribution in [0.2, 0.25) is 0 Å². The number of carbonyl (C=O) groups is 1. The number of carboxylic acid groups (broad SMARTS) is 1. The minimum Gasteiger partial charge on any atom is -0.475 e. The fourth-order valence-electron chi connectivity index (χ4n) is 4.60. The smallest absolute Gasteiger partial charge is 0.475 e. The van der Waals surface area contributed by atoms with Gasteiger partial charge in [-0.15, -0.1) is 0 Å². The number of carboxylic acids is 1. The fraction of sp³-hybridized carbons (Fsp3) is 0.609. The molecule has 0 radical (unpaired) electrons. The summed E-state index contributed by atoms with van der Waals surface area (Å²) in [6.07, 6.45) is 0.784. The van der Waals surface area contributed by atoms with Gasteiger partial charge in [-0.25, -0.2) is 4.79 Å². The Morgan fingerprint density at radius 1 is 1.24 bits per heavy atom. The van der Waals surface area contributed by atoms with E-state index in [0.717, 1.165) is 6.04 Å². The number of nitrogens with zero attached hydrogens (tertiary/aromatic N) is 2. The summed E-state index contributed by atoms with van der Waals surface area (Å²) >= 11 is 0. The van der Waals surface area contributed by atoms with Crippen LogP contribution >= 0.6 is 0 Å². The zero-order valence-corrected chi connectivity index (χ0v) is 19.1. The van der Waals surface area contributed by atoms with Crippen LogP contribution in [0.3, 0.4) is 0 Å². The Bertz CT molecular complexity index is 896. The number of aromatic amines is 1. The van der Waals surface area contributed by atoms with Gasteiger partial charge in [0.05, 0.1) is 12.6 Å². The number of aliphatic carboxylic acids is 1. The molecule has 0 saturated carbocycles. The number of hydrogen-bond acceptors (Lipinski definition) is 5. The maximum Gasteiger partial charge on any atom is 0.490 e. The van der Waals surface area contributed by atoms with Gasteiger partial charge in [-0.3, -0.25) is 4.90 Å². The second kappa shape index (κ2) is 11.3. The molecule has 2 saturated heterocycles. The first kappa shape index (κ1) is 25.5. The van der Waals surface area contributed by atoms with Gasteiger partial charge >= 0.3 is 12.1 Å². The number of rotatable bonds is 6. The normalized spacial score (nSPS) is 21.7. The summed E-state index contributed by atoms with van der Waals surface area (Å²) in [5, 5.41) is 12.3. The summed E-state index contributed by atoms with van der Waals surface area (Å²) in [7, 11) is 4.03. The van der Waals surface area contributed by atoms with Crippen molar-refractivity contribution >= 4 is 16.9 Å². The van der Waals surface area contributed by atoms with Crippen LogP contribution in [0.15, 0.2) is 30.5 Å². The van der Waals surface area contributed by atoms with Gasteiger partial charge in [0.1, 0.15) is 0 Å². The number of methoxy groups -OCH3 is 1. The zero-order chi connectivity index (χ0) is 24.0. The molecule has 0 bridgehead atoms. The van der Waals surface area contributed by atoms with Crippen molar-refractivity contribution < 1.29 is 27.8 Å². The van der Waals surface area contributed by atoms with Crippen molar-refractivity contribution in [1.82, 2.24) is 20.1 Å². The maximum atomic E-state index is 10.6. The van der Waals surface area contributed by atoms with E-state index >= 15 is 0 Å². The van der Waals surface area contributed by atoms with Crippen LogP contribution in [0.1, 0.15) is 30.9 Å². The number of hydrogen-bond donors (Lipinski definition) is 3. The summed E-state index contributed by atoms with van der Waals surface area (Å²) in [5.74, 6) is -2.76. The minimum atomic E-state index is -5.08. The Labute approximate surface area is 191 Å². The van der Waals surface area contributed by atoms with Crippen molar-refractivity contribution in [3.05, 3.63) is 36.0 Å². The third-order valence-electron chi connectivity index (χ3n) is 6.42. The fourth-order valence-corrected chi connectivity index (χ4v) is 4.60. The van der Waals surface area contributed by atoms with Crippen molar-refractivity contribution in [2.24, 2.45) is 0 Å². The molecule has 4 rings (SSSR count). The second-order valence-corrected chi connectivity index (χ2v) is 8.82. The third kappa shape index (κ3) is 7.17. The Kier molecular flexibility index (Phi) is 8.75. The lowest BCUT2D eigenvalue weighted by Gasteiger charge is -2.35. The molecule has 0 spiro atoms. The van der Waals surface area contributed by atoms with E-state index in [1.54, 1.807) is 7.11 Å². The highest BCUT2D eigenvalue weighted by molar-refractivity contribution is 5.80. The average molecular weight is 471 g/mol. The van der Waals surface area contributed by atoms with Crippen LogP contribution in [0, 0.1) is 0 Å². The largest absolute Gasteiger partial charge is 0.490 e. The lowest BCUT2D eigenvalue weighted by Crippen LogP contribution is -2.44. The molecular formula is C23H33F3N4O3. The van der Waals surface area contributed by atoms with Gasteiger partial charge in [0.2, 0.25) is 0 Å². The molecule has 2 unspecified atom stereocenters. The van der Waals surface area contributed by atoms with Gasteiger partial charge in [0.25, 0.3) is 0 Å². The van der Waals surface area contributed by atoms with Gasteiger partial charge < -0.3 is 25.0 Å². The predicted molar refractivity (Wildman–Crippen MR) is 120 cm³/mol. The molecule has 1 aromatic heterocycles. The summed E-state index contributed by atoms with van der Waals surface area (Å²) in [5.41, 5.74) is 2.51. The van der Waals surface area contributed by atoms with E-state index in [1.165, 1.54) is 61.9 Å². The molecule has 1 aromatic carbocycles. The standard InChI is InChI=1S/C21H32N4O.C2HF3O2/c1-24-10-7-19(8-11-24)25-12-6-18(14-25)23-21(15-26-2)16-3-4-20-17(13-16)5-9-22-20;3-2(4,5)1(6)7/h3-5,9,13,18-19,21-23H,6-8,10-12,14-15H2,1-2H3;(H,6,7). The molecule has 7 nitrogen and oxygen atoms in total. The Hall–Kier alpha value is -2.14. The molecule has 2 aliphatic rings. The lowest BCUT2D eigenvalue weighted by molar-refractivity contribution is -0.192. The first-order valence-corrected chi connectivity index (χ1v) is 11.2. The molecule has 33 heavy (non-hydrogen) atoms. The summed E-state index contributed by atoms with van der Waals surface area (Å²) < 4.78 is 37.3. The quantitative estimate of drug-likeness (QED) is 0.602. The number of piperidine rings is 1. The van der Waals surface area contributed by atoms with Crippen molar-refractivity contribution in [3.63, 3.8) is 0 Å². The SMILES string of the molecule is COCC(NC1CCN(C2CCN(C)CC2)C1)c1ccc2[nH]ccc2c1.O=C(O)C(F)(F)F. The summed E-state index contributed by atoms with van der Waals surface area (Å²) in [4.78, 5) is 17.3. The van der Waals surface area contributed by atoms with E-state index < -0.39 is 12.1 Å². The van der Waals surface area contributed by atoms with Crippen LogP contribution in [0.4, 0.5) is 13.2 Å². The number of H-pyrrole nitrogens is 1. The molecule has 184 valence electrons. The monoisotopic (exact) mass is 470 g/mol. The van der Waals surface area contributed by atoms with Crippen LogP contribution < -0.4 is 5.32 Å². The number of aromatic nitrogens is 1. The molecule has 3 N–H and O–H groups in total. The van der Waals surface area contributed by atoms with Crippen molar-refractivity contribution in [1.29, 1.82) is 0 Å². The average Bonchev–Trinajstić information content (AvgIpc) is 3.42. The molecular weight excluding hydrogens is 437 g/mol. The molecule has 10 heteroatoms. The van der Waals surface area contributed by atoms with Gasteiger partial charge in [0.15, 0.2) is 0 Å². The Balaban J connectivity index is 0.000000383. The minimum absolute atomic E-state index is 0.252. The molecule has 2 aromatic rings. The van der Waals surface area contributed by atoms with Crippen molar-refractivity contribution in [2.45, 2.75) is 43.6 Å². The number of alkyl halides is 3. The van der Waals surface area contributed by atoms with E-state index in [2.05, 4.69) is 51.4 Å². The molecule has 0 aliphatic carbocycles. The van der Waals surface area contributed by atoms with Crippen LogP contribution in [0.25, 0.3) is 10.9 Å². The van der Waals surface area contributed by atoms with Gasteiger partial charge in [0, 0.05) is 44.0 Å². The second-order valence-electron chi connectivity index (χ2n) is 8.82. The molecule has 2 fully saturated rings. The number of fused-ring (bicyclic) bond motifs is 1. The van der Waals surface area contributed by atoms with Crippen LogP contribution in [-0.4, -0.2) is 91.1 Å². The van der Waals surface area contributed by atoms with Gasteiger partial charge in [-0.2, -0.15) is 13.2 Å².